The summed E-state index contributed by atoms with van der Waals surface area (Å²) in [6.07, 6.45) is 0. The molecule has 0 aliphatic rings. The Morgan fingerprint density at radius 2 is 1.80 bits per heavy atom. The third-order valence-electron chi connectivity index (χ3n) is 3.49. The average Bonchev–Trinajstić information content (AvgIpc) is 2.47. The molecule has 0 saturated heterocycles. The van der Waals surface area contributed by atoms with Crippen LogP contribution in [0.2, 0.25) is 0 Å². The Labute approximate surface area is 117 Å². The van der Waals surface area contributed by atoms with Gasteiger partial charge in [0, 0.05) is 29.4 Å². The number of phenolic OH excluding ortho intramolecular Hbond substituents is 1. The van der Waals surface area contributed by atoms with Crippen molar-refractivity contribution in [1.29, 1.82) is 0 Å². The van der Waals surface area contributed by atoms with Gasteiger partial charge in [-0.05, 0) is 35.2 Å². The number of nitrogens with two attached hydrogens (primary N) is 1. The van der Waals surface area contributed by atoms with E-state index >= 15 is 0 Å². The van der Waals surface area contributed by atoms with Crippen molar-refractivity contribution in [2.75, 3.05) is 18.1 Å². The van der Waals surface area contributed by atoms with Crippen LogP contribution in [0.1, 0.15) is 0 Å². The summed E-state index contributed by atoms with van der Waals surface area (Å²) in [5.41, 5.74) is 9.86. The number of nitrogens with one attached hydrogen (secondary N) is 1. The molecule has 0 aromatic heterocycles. The van der Waals surface area contributed by atoms with E-state index in [9.17, 15) is 5.11 Å². The zero-order valence-corrected chi connectivity index (χ0v) is 11.2. The average molecular weight is 264 g/mol. The third-order valence-corrected chi connectivity index (χ3v) is 3.49. The molecule has 0 saturated carbocycles. The monoisotopic (exact) mass is 264 g/mol. The summed E-state index contributed by atoms with van der Waals surface area (Å²) >= 11 is 0. The van der Waals surface area contributed by atoms with E-state index in [0.717, 1.165) is 22.2 Å². The van der Waals surface area contributed by atoms with E-state index in [-0.39, 0.29) is 5.75 Å². The Balaban J connectivity index is 2.28. The summed E-state index contributed by atoms with van der Waals surface area (Å²) in [6, 6.07) is 17.4. The van der Waals surface area contributed by atoms with E-state index in [2.05, 4.69) is 11.4 Å². The van der Waals surface area contributed by atoms with Gasteiger partial charge < -0.3 is 16.2 Å². The number of fused-ring (bicyclic) bond motifs is 1. The van der Waals surface area contributed by atoms with Crippen molar-refractivity contribution in [2.24, 2.45) is 0 Å². The minimum atomic E-state index is 0.216. The second-order valence-corrected chi connectivity index (χ2v) is 4.74. The number of phenols is 1. The van der Waals surface area contributed by atoms with Gasteiger partial charge in [0.05, 0.1) is 0 Å². The molecule has 0 spiro atoms. The molecule has 3 aromatic carbocycles. The number of hydrogen-bond acceptors (Lipinski definition) is 3. The molecule has 3 rings (SSSR count). The van der Waals surface area contributed by atoms with Gasteiger partial charge >= 0.3 is 0 Å². The number of aromatic hydroxyl groups is 1. The van der Waals surface area contributed by atoms with E-state index in [1.54, 1.807) is 6.07 Å². The predicted molar refractivity (Wildman–Crippen MR) is 85.0 cm³/mol. The van der Waals surface area contributed by atoms with Crippen molar-refractivity contribution < 1.29 is 5.11 Å². The highest BCUT2D eigenvalue weighted by atomic mass is 16.3. The maximum atomic E-state index is 9.92. The number of benzene rings is 3. The van der Waals surface area contributed by atoms with Gasteiger partial charge in [0.1, 0.15) is 5.75 Å². The van der Waals surface area contributed by atoms with Crippen molar-refractivity contribution >= 4 is 22.1 Å². The quantitative estimate of drug-likeness (QED) is 0.616. The summed E-state index contributed by atoms with van der Waals surface area (Å²) in [6.45, 7) is 0. The summed E-state index contributed by atoms with van der Waals surface area (Å²) < 4.78 is 0. The Hall–Kier alpha value is -2.68. The highest BCUT2D eigenvalue weighted by molar-refractivity contribution is 6.01. The molecule has 4 N–H and O–H groups in total. The molecule has 0 atom stereocenters. The van der Waals surface area contributed by atoms with Gasteiger partial charge in [-0.3, -0.25) is 0 Å². The fourth-order valence-electron chi connectivity index (χ4n) is 2.55. The van der Waals surface area contributed by atoms with E-state index in [1.165, 1.54) is 0 Å². The van der Waals surface area contributed by atoms with Crippen molar-refractivity contribution in [2.45, 2.75) is 0 Å². The van der Waals surface area contributed by atoms with Crippen LogP contribution in [0.4, 0.5) is 11.4 Å². The van der Waals surface area contributed by atoms with Crippen LogP contribution >= 0.6 is 0 Å². The van der Waals surface area contributed by atoms with Crippen molar-refractivity contribution in [3.8, 4) is 16.9 Å². The lowest BCUT2D eigenvalue weighted by molar-refractivity contribution is 0.482. The van der Waals surface area contributed by atoms with Crippen LogP contribution in [0.5, 0.6) is 5.75 Å². The van der Waals surface area contributed by atoms with Crippen LogP contribution in [0.15, 0.2) is 54.6 Å². The summed E-state index contributed by atoms with van der Waals surface area (Å²) in [7, 11) is 1.90. The highest BCUT2D eigenvalue weighted by Crippen LogP contribution is 2.36. The van der Waals surface area contributed by atoms with Crippen LogP contribution in [0, 0.1) is 0 Å². The SMILES string of the molecule is CNc1ccccc1-c1cc(N)c2c(O)cccc2c1. The molecular formula is C17H16N2O. The number of anilines is 2. The van der Waals surface area contributed by atoms with Gasteiger partial charge in [0.15, 0.2) is 0 Å². The van der Waals surface area contributed by atoms with Crippen LogP contribution < -0.4 is 11.1 Å². The fraction of sp³-hybridized carbons (Fsp3) is 0.0588. The summed E-state index contributed by atoms with van der Waals surface area (Å²) in [4.78, 5) is 0. The standard InChI is InChI=1S/C17H16N2O/c1-19-15-7-3-2-6-13(15)12-9-11-5-4-8-16(20)17(11)14(18)10-12/h2-10,19-20H,18H2,1H3. The van der Waals surface area contributed by atoms with Crippen LogP contribution in [-0.4, -0.2) is 12.2 Å². The van der Waals surface area contributed by atoms with E-state index in [1.807, 2.05) is 49.5 Å². The zero-order valence-electron chi connectivity index (χ0n) is 11.2. The molecule has 0 unspecified atom stereocenters. The van der Waals surface area contributed by atoms with Gasteiger partial charge in [0.2, 0.25) is 0 Å². The van der Waals surface area contributed by atoms with Crippen molar-refractivity contribution in [3.05, 3.63) is 54.6 Å². The minimum absolute atomic E-state index is 0.216. The normalized spacial score (nSPS) is 10.7. The van der Waals surface area contributed by atoms with Crippen LogP contribution in [0.25, 0.3) is 21.9 Å². The molecule has 0 aliphatic heterocycles. The second kappa shape index (κ2) is 4.78. The van der Waals surface area contributed by atoms with Crippen LogP contribution in [0.3, 0.4) is 0 Å². The lowest BCUT2D eigenvalue weighted by Crippen LogP contribution is -1.93. The molecule has 3 heteroatoms. The maximum Gasteiger partial charge on any atom is 0.125 e. The minimum Gasteiger partial charge on any atom is -0.507 e. The Morgan fingerprint density at radius 1 is 1.00 bits per heavy atom. The highest BCUT2D eigenvalue weighted by Gasteiger charge is 2.09. The lowest BCUT2D eigenvalue weighted by Gasteiger charge is -2.12. The fourth-order valence-corrected chi connectivity index (χ4v) is 2.55. The molecular weight excluding hydrogens is 248 g/mol. The molecule has 3 nitrogen and oxygen atoms in total. The second-order valence-electron chi connectivity index (χ2n) is 4.74. The van der Waals surface area contributed by atoms with Gasteiger partial charge in [-0.2, -0.15) is 0 Å². The largest absolute Gasteiger partial charge is 0.507 e. The first-order valence-electron chi connectivity index (χ1n) is 6.49. The first-order valence-corrected chi connectivity index (χ1v) is 6.49. The van der Waals surface area contributed by atoms with Gasteiger partial charge in [-0.1, -0.05) is 30.3 Å². The molecule has 0 amide bonds. The zero-order chi connectivity index (χ0) is 14.1. The first-order chi connectivity index (χ1) is 9.70. The van der Waals surface area contributed by atoms with Gasteiger partial charge in [-0.25, -0.2) is 0 Å². The number of rotatable bonds is 2. The molecule has 0 fully saturated rings. The topological polar surface area (TPSA) is 58.3 Å². The van der Waals surface area contributed by atoms with E-state index < -0.39 is 0 Å². The number of nitrogen functional groups attached to an aromatic ring is 1. The maximum absolute atomic E-state index is 9.92. The molecule has 100 valence electrons. The van der Waals surface area contributed by atoms with Crippen molar-refractivity contribution in [3.63, 3.8) is 0 Å². The number of para-hydroxylation sites is 1. The molecule has 0 aliphatic carbocycles. The van der Waals surface area contributed by atoms with Gasteiger partial charge in [-0.15, -0.1) is 0 Å². The molecule has 0 bridgehead atoms. The molecule has 20 heavy (non-hydrogen) atoms. The molecule has 0 heterocycles. The van der Waals surface area contributed by atoms with Gasteiger partial charge in [0.25, 0.3) is 0 Å². The Morgan fingerprint density at radius 3 is 2.60 bits per heavy atom. The third kappa shape index (κ3) is 1.93. The van der Waals surface area contributed by atoms with E-state index in [0.29, 0.717) is 11.1 Å². The predicted octanol–water partition coefficient (Wildman–Crippen LogP) is 3.84. The smallest absolute Gasteiger partial charge is 0.125 e. The summed E-state index contributed by atoms with van der Waals surface area (Å²) in [5, 5.41) is 14.7. The molecule has 0 radical (unpaired) electrons. The first kappa shape index (κ1) is 12.4. The van der Waals surface area contributed by atoms with E-state index in [4.69, 9.17) is 5.73 Å². The number of hydrogen-bond donors (Lipinski definition) is 3. The Bertz CT molecular complexity index is 781. The Kier molecular flexibility index (Phi) is 2.95. The van der Waals surface area contributed by atoms with Crippen LogP contribution in [-0.2, 0) is 0 Å². The van der Waals surface area contributed by atoms with Crippen molar-refractivity contribution in [1.82, 2.24) is 0 Å². The molecule has 3 aromatic rings. The summed E-state index contributed by atoms with van der Waals surface area (Å²) in [5.74, 6) is 0.216. The lowest BCUT2D eigenvalue weighted by atomic mass is 9.98.